The van der Waals surface area contributed by atoms with Crippen LogP contribution in [0.2, 0.25) is 0 Å². The van der Waals surface area contributed by atoms with Gasteiger partial charge in [0.05, 0.1) is 0 Å². The Labute approximate surface area is 99.9 Å². The van der Waals surface area contributed by atoms with Crippen molar-refractivity contribution in [3.8, 4) is 11.1 Å². The summed E-state index contributed by atoms with van der Waals surface area (Å²) in [5, 5.41) is 0. The van der Waals surface area contributed by atoms with Crippen LogP contribution < -0.4 is 0 Å². The average Bonchev–Trinajstić information content (AvgIpc) is 2.32. The minimum absolute atomic E-state index is 0.294. The van der Waals surface area contributed by atoms with Crippen LogP contribution >= 0.6 is 0 Å². The average molecular weight is 228 g/mol. The predicted molar refractivity (Wildman–Crippen MR) is 66.7 cm³/mol. The summed E-state index contributed by atoms with van der Waals surface area (Å²) >= 11 is 0. The maximum absolute atomic E-state index is 13.2. The molecule has 0 spiro atoms. The SMILES string of the molecule is Cc1cc(C=O)c(-c2cccc(F)c2)cc1C. The van der Waals surface area contributed by atoms with Gasteiger partial charge in [-0.05, 0) is 54.3 Å². The summed E-state index contributed by atoms with van der Waals surface area (Å²) in [4.78, 5) is 11.1. The summed E-state index contributed by atoms with van der Waals surface area (Å²) < 4.78 is 13.2. The third kappa shape index (κ3) is 2.26. The van der Waals surface area contributed by atoms with E-state index in [2.05, 4.69) is 0 Å². The molecule has 0 aliphatic heterocycles. The number of rotatable bonds is 2. The van der Waals surface area contributed by atoms with Crippen molar-refractivity contribution in [3.05, 3.63) is 58.9 Å². The molecule has 0 saturated heterocycles. The van der Waals surface area contributed by atoms with Gasteiger partial charge in [-0.1, -0.05) is 18.2 Å². The number of halogens is 1. The molecule has 0 saturated carbocycles. The Morgan fingerprint density at radius 2 is 1.76 bits per heavy atom. The van der Waals surface area contributed by atoms with E-state index in [0.29, 0.717) is 5.56 Å². The molecule has 0 aliphatic carbocycles. The van der Waals surface area contributed by atoms with Gasteiger partial charge in [0.1, 0.15) is 5.82 Å². The minimum atomic E-state index is -0.294. The zero-order valence-corrected chi connectivity index (χ0v) is 9.83. The fourth-order valence-electron chi connectivity index (χ4n) is 1.84. The summed E-state index contributed by atoms with van der Waals surface area (Å²) in [6.45, 7) is 3.93. The third-order valence-corrected chi connectivity index (χ3v) is 2.93. The first-order valence-electron chi connectivity index (χ1n) is 5.44. The zero-order chi connectivity index (χ0) is 12.4. The monoisotopic (exact) mass is 228 g/mol. The van der Waals surface area contributed by atoms with Gasteiger partial charge in [-0.25, -0.2) is 4.39 Å². The molecule has 0 radical (unpaired) electrons. The molecule has 2 rings (SSSR count). The Kier molecular flexibility index (Phi) is 3.05. The van der Waals surface area contributed by atoms with Gasteiger partial charge in [0.25, 0.3) is 0 Å². The maximum atomic E-state index is 13.2. The van der Waals surface area contributed by atoms with Crippen LogP contribution in [0.4, 0.5) is 4.39 Å². The first kappa shape index (κ1) is 11.5. The van der Waals surface area contributed by atoms with Crippen molar-refractivity contribution in [2.24, 2.45) is 0 Å². The summed E-state index contributed by atoms with van der Waals surface area (Å²) in [6, 6.07) is 10.0. The van der Waals surface area contributed by atoms with E-state index in [-0.39, 0.29) is 5.82 Å². The van der Waals surface area contributed by atoms with E-state index < -0.39 is 0 Å². The van der Waals surface area contributed by atoms with Crippen LogP contribution in [0.3, 0.4) is 0 Å². The normalized spacial score (nSPS) is 10.3. The second-order valence-electron chi connectivity index (χ2n) is 4.15. The van der Waals surface area contributed by atoms with E-state index in [0.717, 1.165) is 28.5 Å². The number of hydrogen-bond donors (Lipinski definition) is 0. The Bertz CT molecular complexity index is 573. The van der Waals surface area contributed by atoms with Gasteiger partial charge >= 0.3 is 0 Å². The molecule has 2 heteroatoms. The van der Waals surface area contributed by atoms with E-state index in [4.69, 9.17) is 0 Å². The number of hydrogen-bond acceptors (Lipinski definition) is 1. The van der Waals surface area contributed by atoms with E-state index in [9.17, 15) is 9.18 Å². The predicted octanol–water partition coefficient (Wildman–Crippen LogP) is 3.92. The highest BCUT2D eigenvalue weighted by atomic mass is 19.1. The molecule has 0 bridgehead atoms. The third-order valence-electron chi connectivity index (χ3n) is 2.93. The lowest BCUT2D eigenvalue weighted by Crippen LogP contribution is -1.92. The molecule has 0 N–H and O–H groups in total. The first-order chi connectivity index (χ1) is 8.11. The fourth-order valence-corrected chi connectivity index (χ4v) is 1.84. The Morgan fingerprint density at radius 1 is 1.06 bits per heavy atom. The lowest BCUT2D eigenvalue weighted by Gasteiger charge is -2.09. The first-order valence-corrected chi connectivity index (χ1v) is 5.44. The van der Waals surface area contributed by atoms with Crippen molar-refractivity contribution in [2.75, 3.05) is 0 Å². The van der Waals surface area contributed by atoms with Gasteiger partial charge in [0, 0.05) is 5.56 Å². The molecule has 0 heterocycles. The Hall–Kier alpha value is -1.96. The lowest BCUT2D eigenvalue weighted by atomic mass is 9.95. The molecule has 0 aliphatic rings. The zero-order valence-electron chi connectivity index (χ0n) is 9.83. The van der Waals surface area contributed by atoms with Crippen molar-refractivity contribution >= 4 is 6.29 Å². The topological polar surface area (TPSA) is 17.1 Å². The van der Waals surface area contributed by atoms with Crippen molar-refractivity contribution in [1.82, 2.24) is 0 Å². The van der Waals surface area contributed by atoms with Gasteiger partial charge in [-0.2, -0.15) is 0 Å². The molecule has 0 unspecified atom stereocenters. The molecular formula is C15H13FO. The van der Waals surface area contributed by atoms with Crippen LogP contribution in [-0.2, 0) is 0 Å². The molecule has 2 aromatic carbocycles. The maximum Gasteiger partial charge on any atom is 0.150 e. The van der Waals surface area contributed by atoms with Crippen molar-refractivity contribution in [2.45, 2.75) is 13.8 Å². The number of benzene rings is 2. The van der Waals surface area contributed by atoms with Crippen LogP contribution in [0.1, 0.15) is 21.5 Å². The van der Waals surface area contributed by atoms with E-state index >= 15 is 0 Å². The van der Waals surface area contributed by atoms with Crippen LogP contribution in [0, 0.1) is 19.7 Å². The fraction of sp³-hybridized carbons (Fsp3) is 0.133. The Balaban J connectivity index is 2.66. The van der Waals surface area contributed by atoms with Gasteiger partial charge in [0.15, 0.2) is 6.29 Å². The number of aryl methyl sites for hydroxylation is 2. The highest BCUT2D eigenvalue weighted by Crippen LogP contribution is 2.26. The summed E-state index contributed by atoms with van der Waals surface area (Å²) in [7, 11) is 0. The molecular weight excluding hydrogens is 215 g/mol. The summed E-state index contributed by atoms with van der Waals surface area (Å²) in [6.07, 6.45) is 0.812. The van der Waals surface area contributed by atoms with Crippen LogP contribution in [0.25, 0.3) is 11.1 Å². The van der Waals surface area contributed by atoms with Crippen molar-refractivity contribution in [1.29, 1.82) is 0 Å². The summed E-state index contributed by atoms with van der Waals surface area (Å²) in [5.74, 6) is -0.294. The van der Waals surface area contributed by atoms with Gasteiger partial charge in [-0.15, -0.1) is 0 Å². The molecule has 0 amide bonds. The van der Waals surface area contributed by atoms with E-state index in [1.165, 1.54) is 12.1 Å². The van der Waals surface area contributed by atoms with Crippen LogP contribution in [-0.4, -0.2) is 6.29 Å². The standard InChI is InChI=1S/C15H13FO/c1-10-6-13(9-17)15(7-11(10)2)12-4-3-5-14(16)8-12/h3-9H,1-2H3. The Morgan fingerprint density at radius 3 is 2.41 bits per heavy atom. The van der Waals surface area contributed by atoms with Gasteiger partial charge in [0.2, 0.25) is 0 Å². The van der Waals surface area contributed by atoms with Crippen LogP contribution in [0.5, 0.6) is 0 Å². The molecule has 2 aromatic rings. The molecule has 0 aromatic heterocycles. The second kappa shape index (κ2) is 4.50. The second-order valence-corrected chi connectivity index (χ2v) is 4.15. The molecule has 0 fully saturated rings. The number of carbonyl (C=O) groups is 1. The highest BCUT2D eigenvalue weighted by Gasteiger charge is 2.07. The van der Waals surface area contributed by atoms with Crippen molar-refractivity contribution in [3.63, 3.8) is 0 Å². The lowest BCUT2D eigenvalue weighted by molar-refractivity contribution is 0.112. The molecule has 1 nitrogen and oxygen atoms in total. The molecule has 86 valence electrons. The summed E-state index contributed by atoms with van der Waals surface area (Å²) in [5.41, 5.74) is 4.26. The smallest absolute Gasteiger partial charge is 0.150 e. The molecule has 17 heavy (non-hydrogen) atoms. The van der Waals surface area contributed by atoms with Gasteiger partial charge < -0.3 is 0 Å². The van der Waals surface area contributed by atoms with Gasteiger partial charge in [-0.3, -0.25) is 4.79 Å². The largest absolute Gasteiger partial charge is 0.298 e. The molecule has 0 atom stereocenters. The minimum Gasteiger partial charge on any atom is -0.298 e. The van der Waals surface area contributed by atoms with Crippen LogP contribution in [0.15, 0.2) is 36.4 Å². The number of aldehydes is 1. The number of carbonyl (C=O) groups excluding carboxylic acids is 1. The van der Waals surface area contributed by atoms with Crippen molar-refractivity contribution < 1.29 is 9.18 Å². The van der Waals surface area contributed by atoms with E-state index in [1.807, 2.05) is 26.0 Å². The highest BCUT2D eigenvalue weighted by molar-refractivity contribution is 5.88. The van der Waals surface area contributed by atoms with E-state index in [1.54, 1.807) is 12.1 Å². The quantitative estimate of drug-likeness (QED) is 0.712.